The van der Waals surface area contributed by atoms with Crippen molar-refractivity contribution in [3.63, 3.8) is 0 Å². The van der Waals surface area contributed by atoms with Gasteiger partial charge in [0.2, 0.25) is 11.8 Å². The third-order valence-electron chi connectivity index (χ3n) is 22.3. The second-order valence-corrected chi connectivity index (χ2v) is 28.4. The molecule has 3 amide bonds. The van der Waals surface area contributed by atoms with Crippen LogP contribution in [0.1, 0.15) is 189 Å². The van der Waals surface area contributed by atoms with Crippen molar-refractivity contribution in [3.8, 4) is 22.5 Å². The number of rotatable bonds is 17. The zero-order chi connectivity index (χ0) is 60.8. The molecule has 2 aromatic carbocycles. The third kappa shape index (κ3) is 12.6. The molecule has 0 saturated heterocycles. The molecule has 4 heterocycles. The highest BCUT2D eigenvalue weighted by Crippen LogP contribution is 2.60. The summed E-state index contributed by atoms with van der Waals surface area (Å²) in [6.45, 7) is 1.48. The average molecular weight is 1190 g/mol. The fourth-order valence-corrected chi connectivity index (χ4v) is 16.0. The Kier molecular flexibility index (Phi) is 16.8. The van der Waals surface area contributed by atoms with E-state index in [9.17, 15) is 19.5 Å². The van der Waals surface area contributed by atoms with Crippen LogP contribution < -0.4 is 24.9 Å². The van der Waals surface area contributed by atoms with Crippen LogP contribution in [0.15, 0.2) is 107 Å². The van der Waals surface area contributed by atoms with Gasteiger partial charge in [0, 0.05) is 107 Å². The molecule has 2 N–H and O–H groups in total. The number of alkyl carbamates (subject to hydrolysis) is 1. The monoisotopic (exact) mass is 1190 g/mol. The molecule has 466 valence electrons. The van der Waals surface area contributed by atoms with E-state index in [1.165, 1.54) is 11.1 Å². The summed E-state index contributed by atoms with van der Waals surface area (Å²) in [7, 11) is 9.70. The Bertz CT molecular complexity index is 3370. The van der Waals surface area contributed by atoms with Gasteiger partial charge in [0.05, 0.1) is 6.10 Å². The standard InChI is InChI=1S/C37H47N5O4.C35H44N4O3/c1-38-35(44)46-30-12-9-26(10-13-30)34(43)42(29-6-4-5-27(21-29)31-23-45-33(40-31)25-7-8-25)24-36-15-18-37(19-16-36,20-17-36)28-11-14-32(39-22-28)41(2)3;1-38(2)31-13-10-27(21-36-31)35-17-14-34(15-18-35,16-19-35)23-39(33(41)25-8-11-29(40)12-9-25)28-5-3-4-26(20-28)30-22-42-32(37-30)24-6-7-24/h4-6,11,14,21-23,25-26,30H,7-10,12-13,15-20,24H2,1-3H3,(H,38,44);3-5,10,13,20-22,24-25,29,40H,6-9,11-12,14-19,23H2,1-2H3. The summed E-state index contributed by atoms with van der Waals surface area (Å²) >= 11 is 0. The molecule has 0 radical (unpaired) electrons. The van der Waals surface area contributed by atoms with Gasteiger partial charge >= 0.3 is 6.09 Å². The van der Waals surface area contributed by atoms with E-state index in [1.807, 2.05) is 39.2 Å². The SMILES string of the molecule is CN(C)c1ccc(C23CCC(CN(C(=O)C4CCC(O)CC4)c4cccc(-c5coc(C6CC6)n5)c4)(CC2)CC3)cn1.CNC(=O)OC1CCC(C(=O)N(CC23CCC(c4ccc(N(C)C)nc4)(CC2)CC3)c2cccc(-c3coc(C4CC4)n3)c2)CC1. The van der Waals surface area contributed by atoms with Crippen LogP contribution in [0.4, 0.5) is 27.8 Å². The number of pyridine rings is 2. The highest BCUT2D eigenvalue weighted by molar-refractivity contribution is 5.96. The summed E-state index contributed by atoms with van der Waals surface area (Å²) < 4.78 is 17.1. The van der Waals surface area contributed by atoms with Crippen LogP contribution in [0.5, 0.6) is 0 Å². The number of carbonyl (C=O) groups excluding carboxylic acids is 3. The number of hydrogen-bond acceptors (Lipinski definition) is 13. The number of aromatic nitrogens is 4. The van der Waals surface area contributed by atoms with E-state index in [4.69, 9.17) is 33.5 Å². The number of ether oxygens (including phenoxy) is 1. The Morgan fingerprint density at radius 2 is 0.955 bits per heavy atom. The number of benzene rings is 2. The molecule has 0 spiro atoms. The quantitative estimate of drug-likeness (QED) is 0.0880. The molecular formula is C72H91N9O7. The van der Waals surface area contributed by atoms with Crippen LogP contribution >= 0.6 is 0 Å². The lowest BCUT2D eigenvalue weighted by Crippen LogP contribution is -2.51. The maximum Gasteiger partial charge on any atom is 0.407 e. The van der Waals surface area contributed by atoms with E-state index in [-0.39, 0.29) is 57.5 Å². The highest BCUT2D eigenvalue weighted by Gasteiger charge is 2.53. The summed E-state index contributed by atoms with van der Waals surface area (Å²) in [6.07, 6.45) is 30.8. The molecule has 4 aromatic heterocycles. The number of aliphatic hydroxyl groups is 1. The highest BCUT2D eigenvalue weighted by atomic mass is 16.6. The van der Waals surface area contributed by atoms with Crippen molar-refractivity contribution in [2.75, 3.05) is 67.9 Å². The maximum absolute atomic E-state index is 14.5. The Morgan fingerprint density at radius 1 is 0.545 bits per heavy atom. The first-order chi connectivity index (χ1) is 42.6. The van der Waals surface area contributed by atoms with Crippen molar-refractivity contribution in [1.29, 1.82) is 0 Å². The van der Waals surface area contributed by atoms with Gasteiger partial charge in [0.25, 0.3) is 0 Å². The number of fused-ring (bicyclic) bond motifs is 6. The van der Waals surface area contributed by atoms with Gasteiger partial charge in [0.1, 0.15) is 41.7 Å². The summed E-state index contributed by atoms with van der Waals surface area (Å²) in [4.78, 5) is 68.0. The Balaban J connectivity index is 0.000000163. The zero-order valence-electron chi connectivity index (χ0n) is 52.6. The number of nitrogens with zero attached hydrogens (tertiary/aromatic N) is 8. The van der Waals surface area contributed by atoms with Crippen LogP contribution in [0.3, 0.4) is 0 Å². The summed E-state index contributed by atoms with van der Waals surface area (Å²) in [5.41, 5.74) is 8.90. The van der Waals surface area contributed by atoms with Crippen LogP contribution in [0.25, 0.3) is 22.5 Å². The summed E-state index contributed by atoms with van der Waals surface area (Å²) in [5.74, 6) is 4.84. The van der Waals surface area contributed by atoms with Crippen LogP contribution in [0, 0.1) is 22.7 Å². The zero-order valence-corrected chi connectivity index (χ0v) is 52.6. The Hall–Kier alpha value is -7.07. The molecule has 0 unspecified atom stereocenters. The number of aliphatic hydroxyl groups excluding tert-OH is 1. The largest absolute Gasteiger partial charge is 0.448 e. The molecule has 16 nitrogen and oxygen atoms in total. The van der Waals surface area contributed by atoms with Gasteiger partial charge in [0.15, 0.2) is 11.8 Å². The van der Waals surface area contributed by atoms with Crippen LogP contribution in [0.2, 0.25) is 0 Å². The third-order valence-corrected chi connectivity index (χ3v) is 22.3. The normalized spacial score (nSPS) is 28.0. The van der Waals surface area contributed by atoms with E-state index in [0.29, 0.717) is 37.5 Å². The average Bonchev–Trinajstić information content (AvgIpc) is 0.965. The van der Waals surface area contributed by atoms with Crippen molar-refractivity contribution >= 4 is 40.9 Å². The molecule has 16 heteroatoms. The number of anilines is 4. The topological polar surface area (TPSA) is 184 Å². The summed E-state index contributed by atoms with van der Waals surface area (Å²) in [6, 6.07) is 25.5. The fraction of sp³-hybridized carbons (Fsp3) is 0.569. The van der Waals surface area contributed by atoms with Crippen LogP contribution in [-0.2, 0) is 25.2 Å². The van der Waals surface area contributed by atoms with Crippen molar-refractivity contribution in [3.05, 3.63) is 121 Å². The minimum atomic E-state index is -0.403. The maximum atomic E-state index is 14.5. The minimum Gasteiger partial charge on any atom is -0.448 e. The van der Waals surface area contributed by atoms with E-state index >= 15 is 0 Å². The molecule has 4 bridgehead atoms. The number of nitrogens with one attached hydrogen (secondary N) is 1. The first-order valence-electron chi connectivity index (χ1n) is 33.2. The predicted octanol–water partition coefficient (Wildman–Crippen LogP) is 14.1. The second-order valence-electron chi connectivity index (χ2n) is 28.4. The van der Waals surface area contributed by atoms with Crippen LogP contribution in [-0.4, -0.2) is 103 Å². The second kappa shape index (κ2) is 24.7. The van der Waals surface area contributed by atoms with Crippen molar-refractivity contribution in [1.82, 2.24) is 25.3 Å². The minimum absolute atomic E-state index is 0.0328. The van der Waals surface area contributed by atoms with Gasteiger partial charge in [-0.3, -0.25) is 9.59 Å². The number of amides is 3. The van der Waals surface area contributed by atoms with Crippen molar-refractivity contribution in [2.45, 2.75) is 189 Å². The molecule has 6 aromatic rings. The summed E-state index contributed by atoms with van der Waals surface area (Å²) in [5, 5.41) is 12.7. The van der Waals surface area contributed by atoms with Gasteiger partial charge in [-0.15, -0.1) is 0 Å². The Labute approximate surface area is 519 Å². The van der Waals surface area contributed by atoms with Gasteiger partial charge in [-0.2, -0.15) is 0 Å². The molecular weight excluding hydrogens is 1100 g/mol. The molecule has 10 aliphatic rings. The van der Waals surface area contributed by atoms with Gasteiger partial charge < -0.3 is 43.6 Å². The predicted molar refractivity (Wildman–Crippen MR) is 343 cm³/mol. The molecule has 16 rings (SSSR count). The molecule has 10 fully saturated rings. The van der Waals surface area contributed by atoms with E-state index < -0.39 is 6.09 Å². The first-order valence-corrected chi connectivity index (χ1v) is 33.2. The fourth-order valence-electron chi connectivity index (χ4n) is 16.0. The molecule has 10 saturated carbocycles. The number of oxazole rings is 2. The lowest BCUT2D eigenvalue weighted by Gasteiger charge is -2.55. The van der Waals surface area contributed by atoms with Gasteiger partial charge in [-0.1, -0.05) is 36.4 Å². The molecule has 10 aliphatic carbocycles. The first kappa shape index (κ1) is 59.9. The van der Waals surface area contributed by atoms with E-state index in [1.54, 1.807) is 19.6 Å². The number of carbonyl (C=O) groups is 3. The smallest absolute Gasteiger partial charge is 0.407 e. The van der Waals surface area contributed by atoms with Gasteiger partial charge in [-0.25, -0.2) is 24.7 Å². The van der Waals surface area contributed by atoms with Crippen molar-refractivity contribution < 1.29 is 33.1 Å². The van der Waals surface area contributed by atoms with Gasteiger partial charge in [-0.05, 0) is 223 Å². The number of hydrogen-bond donors (Lipinski definition) is 2. The lowest BCUT2D eigenvalue weighted by molar-refractivity contribution is -0.125. The Morgan fingerprint density at radius 3 is 1.32 bits per heavy atom. The molecule has 0 aliphatic heterocycles. The molecule has 0 atom stereocenters. The lowest BCUT2D eigenvalue weighted by atomic mass is 9.52. The van der Waals surface area contributed by atoms with E-state index in [0.717, 1.165) is 199 Å². The molecule has 88 heavy (non-hydrogen) atoms. The van der Waals surface area contributed by atoms with E-state index in [2.05, 4.69) is 99.1 Å². The van der Waals surface area contributed by atoms with Crippen molar-refractivity contribution in [2.24, 2.45) is 22.7 Å².